The first kappa shape index (κ1) is 3.30. The van der Waals surface area contributed by atoms with Gasteiger partial charge in [0.05, 0.1) is 0 Å². The van der Waals surface area contributed by atoms with Crippen molar-refractivity contribution < 1.29 is 4.74 Å². The van der Waals surface area contributed by atoms with Crippen molar-refractivity contribution >= 4 is 0 Å². The molecule has 0 amide bonds. The van der Waals surface area contributed by atoms with Crippen molar-refractivity contribution in [3.05, 3.63) is 23.7 Å². The lowest BCUT2D eigenvalue weighted by Crippen LogP contribution is -1.68. The zero-order valence-electron chi connectivity index (χ0n) is 3.98. The average molecular weight is 94.1 g/mol. The van der Waals surface area contributed by atoms with Gasteiger partial charge in [-0.15, -0.1) is 0 Å². The summed E-state index contributed by atoms with van der Waals surface area (Å²) in [6, 6.07) is 0. The Bertz CT molecular complexity index is 154. The molecule has 0 radical (unpaired) electrons. The summed E-state index contributed by atoms with van der Waals surface area (Å²) >= 11 is 0. The Kier molecular flexibility index (Phi) is 0.432. The van der Waals surface area contributed by atoms with Crippen LogP contribution >= 0.6 is 0 Å². The Morgan fingerprint density at radius 1 is 1.57 bits per heavy atom. The largest absolute Gasteiger partial charge is 0.454 e. The lowest BCUT2D eigenvalue weighted by Gasteiger charge is -1.81. The minimum absolute atomic E-state index is 1.12. The predicted octanol–water partition coefficient (Wildman–Crippen LogP) is 1.58. The van der Waals surface area contributed by atoms with Gasteiger partial charge in [-0.25, -0.2) is 0 Å². The van der Waals surface area contributed by atoms with Crippen LogP contribution in [0, 0.1) is 0 Å². The normalized spacial score (nSPS) is 24.0. The lowest BCUT2D eigenvalue weighted by atomic mass is 10.2. The molecule has 0 unspecified atom stereocenters. The van der Waals surface area contributed by atoms with Crippen molar-refractivity contribution in [1.82, 2.24) is 0 Å². The second kappa shape index (κ2) is 0.915. The maximum Gasteiger partial charge on any atom is 0.165 e. The Morgan fingerprint density at radius 2 is 2.57 bits per heavy atom. The van der Waals surface area contributed by atoms with Crippen LogP contribution in [-0.2, 0) is 4.74 Å². The first-order valence-corrected chi connectivity index (χ1v) is 2.54. The Morgan fingerprint density at radius 3 is 3.14 bits per heavy atom. The molecule has 0 bridgehead atoms. The van der Waals surface area contributed by atoms with E-state index in [9.17, 15) is 0 Å². The number of hydrogen-bond acceptors (Lipinski definition) is 1. The molecule has 0 aromatic heterocycles. The third-order valence-electron chi connectivity index (χ3n) is 1.27. The van der Waals surface area contributed by atoms with Gasteiger partial charge >= 0.3 is 0 Å². The predicted molar refractivity (Wildman–Crippen MR) is 26.5 cm³/mol. The van der Waals surface area contributed by atoms with Crippen molar-refractivity contribution in [3.8, 4) is 0 Å². The zero-order valence-corrected chi connectivity index (χ0v) is 3.98. The van der Waals surface area contributed by atoms with Crippen molar-refractivity contribution in [3.63, 3.8) is 0 Å². The molecule has 1 nitrogen and oxygen atoms in total. The molecule has 2 rings (SSSR count). The summed E-state index contributed by atoms with van der Waals surface area (Å²) in [5.41, 5.74) is 0. The van der Waals surface area contributed by atoms with Gasteiger partial charge in [0, 0.05) is 6.42 Å². The quantitative estimate of drug-likeness (QED) is 0.444. The molecule has 1 aliphatic carbocycles. The minimum atomic E-state index is 1.12. The van der Waals surface area contributed by atoms with E-state index in [1.807, 2.05) is 6.08 Å². The van der Waals surface area contributed by atoms with E-state index in [4.69, 9.17) is 4.74 Å². The van der Waals surface area contributed by atoms with Crippen molar-refractivity contribution in [2.24, 2.45) is 0 Å². The van der Waals surface area contributed by atoms with E-state index in [0.717, 1.165) is 12.2 Å². The SMILES string of the molecule is C1=CC2=C(CC1)O2. The minimum Gasteiger partial charge on any atom is -0.454 e. The van der Waals surface area contributed by atoms with Crippen LogP contribution in [0.5, 0.6) is 0 Å². The Hall–Kier alpha value is -0.720. The van der Waals surface area contributed by atoms with Crippen molar-refractivity contribution in [2.75, 3.05) is 0 Å². The highest BCUT2D eigenvalue weighted by atomic mass is 16.6. The Labute approximate surface area is 42.3 Å². The summed E-state index contributed by atoms with van der Waals surface area (Å²) in [4.78, 5) is 0. The van der Waals surface area contributed by atoms with Crippen LogP contribution in [0.15, 0.2) is 23.7 Å². The van der Waals surface area contributed by atoms with Crippen molar-refractivity contribution in [2.45, 2.75) is 12.8 Å². The van der Waals surface area contributed by atoms with Gasteiger partial charge in [0.25, 0.3) is 0 Å². The highest BCUT2D eigenvalue weighted by molar-refractivity contribution is 5.32. The fourth-order valence-electron chi connectivity index (χ4n) is 0.813. The topological polar surface area (TPSA) is 12.5 Å². The summed E-state index contributed by atoms with van der Waals surface area (Å²) in [6.45, 7) is 0. The highest BCUT2D eigenvalue weighted by Gasteiger charge is 2.23. The summed E-state index contributed by atoms with van der Waals surface area (Å²) in [6.07, 6.45) is 6.48. The average Bonchev–Trinajstić information content (AvgIpc) is 2.41. The van der Waals surface area contributed by atoms with E-state index in [1.54, 1.807) is 0 Å². The van der Waals surface area contributed by atoms with E-state index in [0.29, 0.717) is 0 Å². The molecule has 0 atom stereocenters. The number of rotatable bonds is 0. The molecule has 2 aliphatic rings. The third-order valence-corrected chi connectivity index (χ3v) is 1.27. The first-order chi connectivity index (χ1) is 3.47. The van der Waals surface area contributed by atoms with E-state index in [-0.39, 0.29) is 0 Å². The summed E-state index contributed by atoms with van der Waals surface area (Å²) in [5, 5.41) is 0. The fraction of sp³-hybridized carbons (Fsp3) is 0.333. The van der Waals surface area contributed by atoms with Gasteiger partial charge < -0.3 is 4.74 Å². The third kappa shape index (κ3) is 0.377. The van der Waals surface area contributed by atoms with Crippen LogP contribution in [0.2, 0.25) is 0 Å². The molecule has 0 N–H and O–H groups in total. The van der Waals surface area contributed by atoms with Gasteiger partial charge in [-0.3, -0.25) is 0 Å². The van der Waals surface area contributed by atoms with E-state index in [1.165, 1.54) is 12.2 Å². The van der Waals surface area contributed by atoms with Crippen molar-refractivity contribution in [1.29, 1.82) is 0 Å². The second-order valence-electron chi connectivity index (χ2n) is 1.83. The summed E-state index contributed by atoms with van der Waals surface area (Å²) < 4.78 is 5.02. The number of allylic oxidation sites excluding steroid dienone is 3. The zero-order chi connectivity index (χ0) is 4.69. The second-order valence-corrected chi connectivity index (χ2v) is 1.83. The maximum absolute atomic E-state index is 5.02. The lowest BCUT2D eigenvalue weighted by molar-refractivity contribution is 0.469. The van der Waals surface area contributed by atoms with Gasteiger partial charge in [0.2, 0.25) is 0 Å². The van der Waals surface area contributed by atoms with E-state index < -0.39 is 0 Å². The van der Waals surface area contributed by atoms with Gasteiger partial charge in [-0.05, 0) is 12.5 Å². The van der Waals surface area contributed by atoms with E-state index in [2.05, 4.69) is 6.08 Å². The van der Waals surface area contributed by atoms with Crippen LogP contribution in [0.1, 0.15) is 12.8 Å². The fourth-order valence-corrected chi connectivity index (χ4v) is 0.813. The monoisotopic (exact) mass is 94.0 g/mol. The molecule has 0 saturated carbocycles. The Balaban J connectivity index is 2.31. The van der Waals surface area contributed by atoms with Crippen LogP contribution < -0.4 is 0 Å². The molecule has 0 aromatic rings. The standard InChI is InChI=1S/C6H6O/c1-2-4-6-5(3-1)7-6/h1,3H,2,4H2. The molecule has 0 spiro atoms. The van der Waals surface area contributed by atoms with Crippen LogP contribution in [0.3, 0.4) is 0 Å². The molecule has 7 heavy (non-hydrogen) atoms. The van der Waals surface area contributed by atoms with E-state index >= 15 is 0 Å². The number of ether oxygens (including phenoxy) is 1. The van der Waals surface area contributed by atoms with Crippen LogP contribution in [-0.4, -0.2) is 0 Å². The first-order valence-electron chi connectivity index (χ1n) is 2.54. The molecule has 1 heterocycles. The van der Waals surface area contributed by atoms with Crippen LogP contribution in [0.25, 0.3) is 0 Å². The molecule has 0 saturated heterocycles. The molecule has 1 aliphatic heterocycles. The smallest absolute Gasteiger partial charge is 0.165 e. The maximum atomic E-state index is 5.02. The van der Waals surface area contributed by atoms with Gasteiger partial charge in [-0.2, -0.15) is 0 Å². The molecular formula is C6H6O. The summed E-state index contributed by atoms with van der Waals surface area (Å²) in [5.74, 6) is 2.33. The molecule has 1 heteroatoms. The number of hydrogen-bond donors (Lipinski definition) is 0. The molecule has 0 aromatic carbocycles. The molecule has 0 fully saturated rings. The van der Waals surface area contributed by atoms with Gasteiger partial charge in [0.1, 0.15) is 5.76 Å². The highest BCUT2D eigenvalue weighted by Crippen LogP contribution is 2.34. The summed E-state index contributed by atoms with van der Waals surface area (Å²) in [7, 11) is 0. The van der Waals surface area contributed by atoms with Gasteiger partial charge in [0.15, 0.2) is 5.76 Å². The molecular weight excluding hydrogens is 88.1 g/mol. The van der Waals surface area contributed by atoms with Crippen LogP contribution in [0.4, 0.5) is 0 Å². The molecule has 36 valence electrons. The van der Waals surface area contributed by atoms with Gasteiger partial charge in [-0.1, -0.05) is 6.08 Å².